The first kappa shape index (κ1) is 12.5. The molecule has 1 aliphatic rings. The summed E-state index contributed by atoms with van der Waals surface area (Å²) in [6, 6.07) is 0.225. The number of likely N-dealkylation sites (tertiary alicyclic amines) is 1. The Labute approximate surface area is 92.2 Å². The van der Waals surface area contributed by atoms with Crippen molar-refractivity contribution < 1.29 is 4.79 Å². The van der Waals surface area contributed by atoms with E-state index in [0.717, 1.165) is 13.1 Å². The summed E-state index contributed by atoms with van der Waals surface area (Å²) in [7, 11) is 1.68. The minimum Gasteiger partial charge on any atom is -0.359 e. The fourth-order valence-electron chi connectivity index (χ4n) is 2.14. The zero-order valence-corrected chi connectivity index (χ0v) is 9.67. The van der Waals surface area contributed by atoms with Crippen LogP contribution in [-0.4, -0.2) is 43.5 Å². The molecule has 1 fully saturated rings. The van der Waals surface area contributed by atoms with E-state index in [2.05, 4.69) is 10.2 Å². The second kappa shape index (κ2) is 6.80. The Bertz CT molecular complexity index is 188. The van der Waals surface area contributed by atoms with Crippen LogP contribution in [0, 0.1) is 0 Å². The topological polar surface area (TPSA) is 58.4 Å². The average Bonchev–Trinajstić information content (AvgIpc) is 2.54. The van der Waals surface area contributed by atoms with Crippen molar-refractivity contribution in [1.29, 1.82) is 0 Å². The summed E-state index contributed by atoms with van der Waals surface area (Å²) in [5.41, 5.74) is 5.74. The molecule has 0 saturated carbocycles. The van der Waals surface area contributed by atoms with Crippen molar-refractivity contribution in [3.8, 4) is 0 Å². The second-order valence-electron chi connectivity index (χ2n) is 4.22. The van der Waals surface area contributed by atoms with Crippen LogP contribution in [0.15, 0.2) is 0 Å². The first-order chi connectivity index (χ1) is 7.27. The van der Waals surface area contributed by atoms with Gasteiger partial charge in [0.15, 0.2) is 0 Å². The molecule has 3 N–H and O–H groups in total. The zero-order valence-electron chi connectivity index (χ0n) is 9.67. The molecule has 1 atom stereocenters. The van der Waals surface area contributed by atoms with E-state index in [1.165, 1.54) is 25.7 Å². The molecule has 0 aliphatic carbocycles. The van der Waals surface area contributed by atoms with Crippen molar-refractivity contribution in [3.05, 3.63) is 0 Å². The van der Waals surface area contributed by atoms with Crippen molar-refractivity contribution in [2.45, 2.75) is 38.1 Å². The van der Waals surface area contributed by atoms with Crippen molar-refractivity contribution in [2.75, 3.05) is 26.7 Å². The van der Waals surface area contributed by atoms with Crippen LogP contribution < -0.4 is 11.1 Å². The van der Waals surface area contributed by atoms with Gasteiger partial charge in [-0.05, 0) is 25.9 Å². The molecule has 1 heterocycles. The summed E-state index contributed by atoms with van der Waals surface area (Å²) < 4.78 is 0. The molecular weight excluding hydrogens is 190 g/mol. The van der Waals surface area contributed by atoms with Gasteiger partial charge in [0.05, 0.1) is 0 Å². The fourth-order valence-corrected chi connectivity index (χ4v) is 2.14. The lowest BCUT2D eigenvalue weighted by atomic mass is 10.1. The molecule has 88 valence electrons. The van der Waals surface area contributed by atoms with E-state index in [-0.39, 0.29) is 11.9 Å². The van der Waals surface area contributed by atoms with Gasteiger partial charge in [0.1, 0.15) is 0 Å². The Hall–Kier alpha value is -0.610. The average molecular weight is 213 g/mol. The first-order valence-corrected chi connectivity index (χ1v) is 5.92. The van der Waals surface area contributed by atoms with Crippen LogP contribution in [0.5, 0.6) is 0 Å². The SMILES string of the molecule is CNC(=O)CC(CN)N1CCCCCC1. The first-order valence-electron chi connectivity index (χ1n) is 5.92. The monoisotopic (exact) mass is 213 g/mol. The normalized spacial score (nSPS) is 20.7. The van der Waals surface area contributed by atoms with Gasteiger partial charge in [0.25, 0.3) is 0 Å². The number of nitrogens with zero attached hydrogens (tertiary/aromatic N) is 1. The van der Waals surface area contributed by atoms with Gasteiger partial charge in [-0.2, -0.15) is 0 Å². The van der Waals surface area contributed by atoms with Crippen LogP contribution in [0.25, 0.3) is 0 Å². The van der Waals surface area contributed by atoms with Crippen LogP contribution >= 0.6 is 0 Å². The van der Waals surface area contributed by atoms with Crippen molar-refractivity contribution >= 4 is 5.91 Å². The van der Waals surface area contributed by atoms with Crippen LogP contribution in [0.4, 0.5) is 0 Å². The van der Waals surface area contributed by atoms with Crippen molar-refractivity contribution in [1.82, 2.24) is 10.2 Å². The summed E-state index contributed by atoms with van der Waals surface area (Å²) in [5.74, 6) is 0.0923. The number of nitrogens with two attached hydrogens (primary N) is 1. The molecule has 1 rings (SSSR count). The van der Waals surface area contributed by atoms with E-state index in [0.29, 0.717) is 13.0 Å². The Morgan fingerprint density at radius 1 is 1.33 bits per heavy atom. The fraction of sp³-hybridized carbons (Fsp3) is 0.909. The number of carbonyl (C=O) groups is 1. The highest BCUT2D eigenvalue weighted by Crippen LogP contribution is 2.13. The number of hydrogen-bond donors (Lipinski definition) is 2. The van der Waals surface area contributed by atoms with Gasteiger partial charge in [-0.25, -0.2) is 0 Å². The third kappa shape index (κ3) is 4.18. The van der Waals surface area contributed by atoms with E-state index >= 15 is 0 Å². The minimum absolute atomic E-state index is 0.0923. The predicted octanol–water partition coefficient (Wildman–Crippen LogP) is 0.326. The molecule has 0 spiro atoms. The maximum absolute atomic E-state index is 11.3. The lowest BCUT2D eigenvalue weighted by Crippen LogP contribution is -2.44. The van der Waals surface area contributed by atoms with Crippen LogP contribution in [0.3, 0.4) is 0 Å². The summed E-state index contributed by atoms with van der Waals surface area (Å²) in [5, 5.41) is 2.66. The number of hydrogen-bond acceptors (Lipinski definition) is 3. The van der Waals surface area contributed by atoms with E-state index in [1.807, 2.05) is 0 Å². The van der Waals surface area contributed by atoms with Crippen LogP contribution in [-0.2, 0) is 4.79 Å². The molecule has 0 aromatic carbocycles. The highest BCUT2D eigenvalue weighted by Gasteiger charge is 2.20. The Morgan fingerprint density at radius 3 is 2.40 bits per heavy atom. The molecule has 4 nitrogen and oxygen atoms in total. The third-order valence-corrected chi connectivity index (χ3v) is 3.13. The predicted molar refractivity (Wildman–Crippen MR) is 61.6 cm³/mol. The highest BCUT2D eigenvalue weighted by atomic mass is 16.1. The molecule has 15 heavy (non-hydrogen) atoms. The molecule has 1 aliphatic heterocycles. The lowest BCUT2D eigenvalue weighted by molar-refractivity contribution is -0.121. The molecule has 1 saturated heterocycles. The van der Waals surface area contributed by atoms with E-state index in [4.69, 9.17) is 5.73 Å². The summed E-state index contributed by atoms with van der Waals surface area (Å²) >= 11 is 0. The molecular formula is C11H23N3O. The Kier molecular flexibility index (Phi) is 5.65. The van der Waals surface area contributed by atoms with Gasteiger partial charge in [-0.1, -0.05) is 12.8 Å². The molecule has 0 aromatic rings. The van der Waals surface area contributed by atoms with Gasteiger partial charge < -0.3 is 11.1 Å². The van der Waals surface area contributed by atoms with Crippen molar-refractivity contribution in [3.63, 3.8) is 0 Å². The zero-order chi connectivity index (χ0) is 11.1. The minimum atomic E-state index is 0.0923. The maximum Gasteiger partial charge on any atom is 0.221 e. The number of rotatable bonds is 4. The summed E-state index contributed by atoms with van der Waals surface area (Å²) in [4.78, 5) is 13.7. The maximum atomic E-state index is 11.3. The highest BCUT2D eigenvalue weighted by molar-refractivity contribution is 5.76. The molecule has 1 unspecified atom stereocenters. The van der Waals surface area contributed by atoms with Crippen molar-refractivity contribution in [2.24, 2.45) is 5.73 Å². The molecule has 1 amide bonds. The molecule has 0 radical (unpaired) electrons. The number of nitrogens with one attached hydrogen (secondary N) is 1. The molecule has 4 heteroatoms. The summed E-state index contributed by atoms with van der Waals surface area (Å²) in [6.07, 6.45) is 5.64. The standard InChI is InChI=1S/C11H23N3O/c1-13-11(15)8-10(9-12)14-6-4-2-3-5-7-14/h10H,2-9,12H2,1H3,(H,13,15). The Morgan fingerprint density at radius 2 is 1.93 bits per heavy atom. The smallest absolute Gasteiger partial charge is 0.221 e. The van der Waals surface area contributed by atoms with Gasteiger partial charge in [-0.15, -0.1) is 0 Å². The van der Waals surface area contributed by atoms with E-state index < -0.39 is 0 Å². The van der Waals surface area contributed by atoms with Crippen LogP contribution in [0.2, 0.25) is 0 Å². The second-order valence-corrected chi connectivity index (χ2v) is 4.22. The lowest BCUT2D eigenvalue weighted by Gasteiger charge is -2.28. The van der Waals surface area contributed by atoms with E-state index in [9.17, 15) is 4.79 Å². The number of carbonyl (C=O) groups excluding carboxylic acids is 1. The molecule has 0 bridgehead atoms. The van der Waals surface area contributed by atoms with Crippen LogP contribution in [0.1, 0.15) is 32.1 Å². The van der Waals surface area contributed by atoms with Gasteiger partial charge in [0, 0.05) is 26.1 Å². The third-order valence-electron chi connectivity index (χ3n) is 3.13. The largest absolute Gasteiger partial charge is 0.359 e. The van der Waals surface area contributed by atoms with E-state index in [1.54, 1.807) is 7.05 Å². The Balaban J connectivity index is 2.44. The van der Waals surface area contributed by atoms with Gasteiger partial charge in [-0.3, -0.25) is 9.69 Å². The quantitative estimate of drug-likeness (QED) is 0.707. The van der Waals surface area contributed by atoms with Gasteiger partial charge >= 0.3 is 0 Å². The van der Waals surface area contributed by atoms with Gasteiger partial charge in [0.2, 0.25) is 5.91 Å². The molecule has 0 aromatic heterocycles. The summed E-state index contributed by atoms with van der Waals surface area (Å²) in [6.45, 7) is 2.77. The number of amides is 1.